The van der Waals surface area contributed by atoms with Gasteiger partial charge in [0.05, 0.1) is 17.0 Å². The van der Waals surface area contributed by atoms with E-state index in [0.29, 0.717) is 17.5 Å². The molecule has 0 bridgehead atoms. The Kier molecular flexibility index (Phi) is 10.0. The average molecular weight is 572 g/mol. The zero-order chi connectivity index (χ0) is 28.7. The normalized spacial score (nSPS) is 15.4. The van der Waals surface area contributed by atoms with Gasteiger partial charge in [-0.15, -0.1) is 0 Å². The Bertz CT molecular complexity index is 1370. The Morgan fingerprint density at radius 2 is 1.63 bits per heavy atom. The highest BCUT2D eigenvalue weighted by molar-refractivity contribution is 7.99. The summed E-state index contributed by atoms with van der Waals surface area (Å²) in [5.74, 6) is 0.444. The average Bonchev–Trinajstić information content (AvgIpc) is 3.00. The van der Waals surface area contributed by atoms with Crippen LogP contribution < -0.4 is 5.56 Å². The summed E-state index contributed by atoms with van der Waals surface area (Å²) in [6.07, 6.45) is 11.4. The molecule has 5 nitrogen and oxygen atoms in total. The van der Waals surface area contributed by atoms with E-state index in [1.807, 2.05) is 27.7 Å². The van der Waals surface area contributed by atoms with Gasteiger partial charge in [0.15, 0.2) is 5.16 Å². The first-order valence-electron chi connectivity index (χ1n) is 15.7. The Balaban J connectivity index is 1.54. The van der Waals surface area contributed by atoms with Gasteiger partial charge < -0.3 is 4.90 Å². The summed E-state index contributed by atoms with van der Waals surface area (Å²) < 4.78 is 1.90. The van der Waals surface area contributed by atoms with Crippen molar-refractivity contribution >= 4 is 17.7 Å². The summed E-state index contributed by atoms with van der Waals surface area (Å²) in [6, 6.07) is 18.9. The Morgan fingerprint density at radius 1 is 0.951 bits per heavy atom. The number of aryl methyl sites for hydroxylation is 1. The monoisotopic (exact) mass is 571 g/mol. The molecule has 0 unspecified atom stereocenters. The van der Waals surface area contributed by atoms with E-state index in [0.717, 1.165) is 94.1 Å². The van der Waals surface area contributed by atoms with E-state index in [-0.39, 0.29) is 16.9 Å². The lowest BCUT2D eigenvalue weighted by molar-refractivity contribution is -0.128. The van der Waals surface area contributed by atoms with Crippen LogP contribution in [0.4, 0.5) is 0 Å². The number of carbonyl (C=O) groups excluding carboxylic acids is 1. The molecule has 1 aromatic heterocycles. The minimum atomic E-state index is -0.142. The molecule has 0 radical (unpaired) electrons. The van der Waals surface area contributed by atoms with Crippen molar-refractivity contribution < 1.29 is 4.79 Å². The van der Waals surface area contributed by atoms with E-state index in [1.165, 1.54) is 29.3 Å². The molecule has 1 saturated carbocycles. The van der Waals surface area contributed by atoms with E-state index >= 15 is 0 Å². The molecule has 0 N–H and O–H groups in total. The van der Waals surface area contributed by atoms with E-state index in [1.54, 1.807) is 0 Å². The second-order valence-corrected chi connectivity index (χ2v) is 12.8. The van der Waals surface area contributed by atoms with Crippen LogP contribution >= 0.6 is 11.8 Å². The lowest BCUT2D eigenvalue weighted by Crippen LogP contribution is -2.43. The highest BCUT2D eigenvalue weighted by Crippen LogP contribution is 2.48. The van der Waals surface area contributed by atoms with Crippen molar-refractivity contribution in [3.05, 3.63) is 81.6 Å². The molecule has 41 heavy (non-hydrogen) atoms. The smallest absolute Gasteiger partial charge is 0.258 e. The summed E-state index contributed by atoms with van der Waals surface area (Å²) >= 11 is 1.44. The quantitative estimate of drug-likeness (QED) is 0.168. The fraction of sp³-hybridized carbons (Fsp3) is 0.514. The number of hydrogen-bond acceptors (Lipinski definition) is 4. The maximum absolute atomic E-state index is 14.6. The summed E-state index contributed by atoms with van der Waals surface area (Å²) in [4.78, 5) is 35.3. The van der Waals surface area contributed by atoms with Crippen molar-refractivity contribution in [2.45, 2.75) is 102 Å². The van der Waals surface area contributed by atoms with Crippen LogP contribution in [-0.4, -0.2) is 39.2 Å². The third-order valence-electron chi connectivity index (χ3n) is 8.98. The van der Waals surface area contributed by atoms with Gasteiger partial charge in [0.2, 0.25) is 5.91 Å². The van der Waals surface area contributed by atoms with Crippen molar-refractivity contribution in [3.8, 4) is 11.3 Å². The number of fused-ring (bicyclic) bond motifs is 4. The molecule has 218 valence electrons. The number of unbranched alkanes of at least 4 members (excludes halogenated alkanes) is 2. The highest BCUT2D eigenvalue weighted by Gasteiger charge is 2.43. The lowest BCUT2D eigenvalue weighted by Gasteiger charge is -2.42. The third kappa shape index (κ3) is 6.63. The van der Waals surface area contributed by atoms with Gasteiger partial charge in [-0.25, -0.2) is 4.98 Å². The van der Waals surface area contributed by atoms with E-state index in [9.17, 15) is 9.59 Å². The number of rotatable bonds is 12. The third-order valence-corrected chi connectivity index (χ3v) is 9.95. The van der Waals surface area contributed by atoms with Crippen LogP contribution in [0.5, 0.6) is 0 Å². The summed E-state index contributed by atoms with van der Waals surface area (Å²) in [5, 5.41) is 0.673. The minimum Gasteiger partial charge on any atom is -0.342 e. The number of benzene rings is 2. The Hall–Kier alpha value is -2.86. The number of amides is 1. The molecule has 2 aliphatic rings. The van der Waals surface area contributed by atoms with Crippen molar-refractivity contribution in [1.29, 1.82) is 0 Å². The molecule has 1 fully saturated rings. The first-order valence-corrected chi connectivity index (χ1v) is 16.7. The molecule has 2 aromatic carbocycles. The van der Waals surface area contributed by atoms with Crippen LogP contribution in [0.3, 0.4) is 0 Å². The molecular weight excluding hydrogens is 526 g/mol. The van der Waals surface area contributed by atoms with E-state index < -0.39 is 0 Å². The minimum absolute atomic E-state index is 0.103. The number of carbonyl (C=O) groups is 1. The zero-order valence-electron chi connectivity index (χ0n) is 24.9. The van der Waals surface area contributed by atoms with Gasteiger partial charge >= 0.3 is 0 Å². The second kappa shape index (κ2) is 13.9. The topological polar surface area (TPSA) is 55.2 Å². The van der Waals surface area contributed by atoms with Gasteiger partial charge in [-0.1, -0.05) is 112 Å². The highest BCUT2D eigenvalue weighted by atomic mass is 32.2. The van der Waals surface area contributed by atoms with Crippen molar-refractivity contribution in [2.24, 2.45) is 0 Å². The summed E-state index contributed by atoms with van der Waals surface area (Å²) in [6.45, 7) is 6.48. The maximum atomic E-state index is 14.6. The van der Waals surface area contributed by atoms with Gasteiger partial charge in [-0.05, 0) is 49.7 Å². The number of nitrogens with zero attached hydrogens (tertiary/aromatic N) is 3. The molecule has 2 aliphatic carbocycles. The van der Waals surface area contributed by atoms with Crippen molar-refractivity contribution in [2.75, 3.05) is 18.8 Å². The number of aromatic nitrogens is 2. The Morgan fingerprint density at radius 3 is 2.34 bits per heavy atom. The van der Waals surface area contributed by atoms with Gasteiger partial charge in [-0.2, -0.15) is 0 Å². The Labute approximate surface area is 249 Å². The molecule has 6 heteroatoms. The lowest BCUT2D eigenvalue weighted by atomic mass is 9.62. The zero-order valence-corrected chi connectivity index (χ0v) is 25.7. The van der Waals surface area contributed by atoms with Gasteiger partial charge in [0, 0.05) is 30.6 Å². The molecule has 5 rings (SSSR count). The van der Waals surface area contributed by atoms with Gasteiger partial charge in [0.1, 0.15) is 0 Å². The van der Waals surface area contributed by atoms with E-state index in [2.05, 4.69) is 50.2 Å². The SMILES string of the molecule is CCCCN(CCCC)C(=O)CSc1nc2c(c(=O)n1CCc1ccccc1)C1(CCCCC1)Cc1ccccc1-2. The molecule has 1 spiro atoms. The van der Waals surface area contributed by atoms with Crippen molar-refractivity contribution in [3.63, 3.8) is 0 Å². The van der Waals surface area contributed by atoms with Crippen LogP contribution in [0.15, 0.2) is 64.5 Å². The van der Waals surface area contributed by atoms with Crippen LogP contribution in [0.1, 0.15) is 88.3 Å². The van der Waals surface area contributed by atoms with Gasteiger partial charge in [0.25, 0.3) is 5.56 Å². The molecule has 0 aliphatic heterocycles. The predicted octanol–water partition coefficient (Wildman–Crippen LogP) is 7.43. The molecular formula is C35H45N3O2S. The van der Waals surface area contributed by atoms with Crippen LogP contribution in [0.25, 0.3) is 11.3 Å². The maximum Gasteiger partial charge on any atom is 0.258 e. The number of thioether (sulfide) groups is 1. The van der Waals surface area contributed by atoms with Crippen molar-refractivity contribution in [1.82, 2.24) is 14.5 Å². The van der Waals surface area contributed by atoms with Gasteiger partial charge in [-0.3, -0.25) is 14.2 Å². The second-order valence-electron chi connectivity index (χ2n) is 11.9. The summed E-state index contributed by atoms with van der Waals surface area (Å²) in [7, 11) is 0. The van der Waals surface area contributed by atoms with Crippen LogP contribution in [0, 0.1) is 0 Å². The van der Waals surface area contributed by atoms with Crippen LogP contribution in [-0.2, 0) is 29.6 Å². The molecule has 0 saturated heterocycles. The fourth-order valence-corrected chi connectivity index (χ4v) is 7.61. The van der Waals surface area contributed by atoms with E-state index in [4.69, 9.17) is 4.98 Å². The first-order chi connectivity index (χ1) is 20.1. The molecule has 3 aromatic rings. The fourth-order valence-electron chi connectivity index (χ4n) is 6.69. The predicted molar refractivity (Wildman–Crippen MR) is 170 cm³/mol. The standard InChI is InChI=1S/C35H45N3O2S/c1-3-5-22-37(23-6-4-2)30(39)26-41-34-36-32-29-18-12-11-17-28(29)25-35(20-13-8-14-21-35)31(32)33(40)38(34)24-19-27-15-9-7-10-16-27/h7,9-12,15-18H,3-6,8,13-14,19-26H2,1-2H3. The largest absolute Gasteiger partial charge is 0.342 e. The molecule has 1 heterocycles. The first kappa shape index (κ1) is 29.6. The molecule has 1 amide bonds. The molecule has 0 atom stereocenters. The summed E-state index contributed by atoms with van der Waals surface area (Å²) in [5.41, 5.74) is 5.33. The number of hydrogen-bond donors (Lipinski definition) is 0. The van der Waals surface area contributed by atoms with Crippen LogP contribution in [0.2, 0.25) is 0 Å².